The van der Waals surface area contributed by atoms with Crippen LogP contribution >= 0.6 is 0 Å². The molecule has 1 amide bonds. The molecule has 0 aromatic heterocycles. The normalized spacial score (nSPS) is 22.8. The lowest BCUT2D eigenvalue weighted by Gasteiger charge is -2.21. The molecular formula is C16H22N2O4. The Morgan fingerprint density at radius 1 is 1.32 bits per heavy atom. The van der Waals surface area contributed by atoms with Gasteiger partial charge < -0.3 is 15.5 Å². The van der Waals surface area contributed by atoms with Crippen molar-refractivity contribution in [2.24, 2.45) is 0 Å². The average Bonchev–Trinajstić information content (AvgIpc) is 2.63. The third kappa shape index (κ3) is 4.54. The van der Waals surface area contributed by atoms with E-state index in [0.29, 0.717) is 25.9 Å². The molecule has 1 aromatic rings. The number of aliphatic hydroxyl groups is 1. The molecule has 120 valence electrons. The molecule has 22 heavy (non-hydrogen) atoms. The number of carbonyl (C=O) groups excluding carboxylic acids is 1. The van der Waals surface area contributed by atoms with Crippen molar-refractivity contribution in [3.63, 3.8) is 0 Å². The van der Waals surface area contributed by atoms with Crippen LogP contribution in [0.5, 0.6) is 0 Å². The van der Waals surface area contributed by atoms with Gasteiger partial charge in [0.2, 0.25) is 5.91 Å². The van der Waals surface area contributed by atoms with Gasteiger partial charge >= 0.3 is 5.97 Å². The summed E-state index contributed by atoms with van der Waals surface area (Å²) in [6.45, 7) is 3.56. The summed E-state index contributed by atoms with van der Waals surface area (Å²) in [5, 5.41) is 21.9. The molecule has 1 aliphatic rings. The van der Waals surface area contributed by atoms with Crippen LogP contribution in [0.1, 0.15) is 35.7 Å². The number of likely N-dealkylation sites (tertiary alicyclic amines) is 1. The number of carboxylic acids is 1. The minimum absolute atomic E-state index is 0.133. The maximum Gasteiger partial charge on any atom is 0.335 e. The fraction of sp³-hybridized carbons (Fsp3) is 0.500. The molecule has 0 radical (unpaired) electrons. The van der Waals surface area contributed by atoms with E-state index >= 15 is 0 Å². The molecule has 2 rings (SSSR count). The Morgan fingerprint density at radius 3 is 2.73 bits per heavy atom. The highest BCUT2D eigenvalue weighted by Crippen LogP contribution is 2.15. The first-order valence-electron chi connectivity index (χ1n) is 7.45. The van der Waals surface area contributed by atoms with E-state index < -0.39 is 12.1 Å². The van der Waals surface area contributed by atoms with Gasteiger partial charge in [-0.3, -0.25) is 9.69 Å². The van der Waals surface area contributed by atoms with E-state index in [9.17, 15) is 14.7 Å². The monoisotopic (exact) mass is 306 g/mol. The molecule has 0 saturated carbocycles. The van der Waals surface area contributed by atoms with E-state index in [0.717, 1.165) is 12.1 Å². The van der Waals surface area contributed by atoms with Crippen LogP contribution in [-0.4, -0.2) is 52.2 Å². The molecule has 1 aliphatic heterocycles. The van der Waals surface area contributed by atoms with Crippen LogP contribution in [0.25, 0.3) is 0 Å². The molecule has 1 saturated heterocycles. The van der Waals surface area contributed by atoms with Crippen molar-refractivity contribution in [2.45, 2.75) is 38.5 Å². The first-order chi connectivity index (χ1) is 10.5. The Labute approximate surface area is 129 Å². The maximum atomic E-state index is 11.2. The van der Waals surface area contributed by atoms with Gasteiger partial charge in [0, 0.05) is 26.6 Å². The zero-order valence-electron chi connectivity index (χ0n) is 12.7. The van der Waals surface area contributed by atoms with Crippen LogP contribution in [0.2, 0.25) is 0 Å². The van der Waals surface area contributed by atoms with Crippen LogP contribution in [0.4, 0.5) is 0 Å². The minimum atomic E-state index is -0.932. The van der Waals surface area contributed by atoms with Gasteiger partial charge in [0.15, 0.2) is 0 Å². The van der Waals surface area contributed by atoms with Gasteiger partial charge in [0.05, 0.1) is 17.7 Å². The molecule has 0 unspecified atom stereocenters. The molecule has 1 heterocycles. The number of hydrogen-bond donors (Lipinski definition) is 3. The maximum absolute atomic E-state index is 11.2. The Hall–Kier alpha value is -1.92. The van der Waals surface area contributed by atoms with Gasteiger partial charge in [-0.1, -0.05) is 12.1 Å². The fourth-order valence-electron chi connectivity index (χ4n) is 2.79. The second kappa shape index (κ2) is 7.38. The third-order valence-corrected chi connectivity index (χ3v) is 3.93. The van der Waals surface area contributed by atoms with Gasteiger partial charge in [-0.05, 0) is 30.5 Å². The number of amides is 1. The van der Waals surface area contributed by atoms with Gasteiger partial charge in [0.1, 0.15) is 0 Å². The number of nitrogens with one attached hydrogen (secondary N) is 1. The molecule has 0 spiro atoms. The summed E-state index contributed by atoms with van der Waals surface area (Å²) in [6.07, 6.45) is 0.724. The predicted molar refractivity (Wildman–Crippen MR) is 81.5 cm³/mol. The molecule has 0 aliphatic carbocycles. The Balaban J connectivity index is 1.98. The van der Waals surface area contributed by atoms with E-state index in [1.165, 1.54) is 6.92 Å². The smallest absolute Gasteiger partial charge is 0.335 e. The summed E-state index contributed by atoms with van der Waals surface area (Å²) in [6, 6.07) is 6.68. The molecular weight excluding hydrogens is 284 g/mol. The molecule has 3 N–H and O–H groups in total. The lowest BCUT2D eigenvalue weighted by atomic mass is 10.1. The summed E-state index contributed by atoms with van der Waals surface area (Å²) >= 11 is 0. The van der Waals surface area contributed by atoms with Crippen molar-refractivity contribution in [1.29, 1.82) is 0 Å². The van der Waals surface area contributed by atoms with Crippen LogP contribution in [-0.2, 0) is 11.3 Å². The number of benzene rings is 1. The standard InChI is InChI=1S/C16H22N2O4/c1-11(19)17-14-5-7-18(8-6-15(14)20)10-12-3-2-4-13(9-12)16(21)22/h2-4,9,14-15,20H,5-8,10H2,1H3,(H,17,19)(H,21,22)/t14-,15-/m0/s1. The van der Waals surface area contributed by atoms with E-state index in [4.69, 9.17) is 5.11 Å². The third-order valence-electron chi connectivity index (χ3n) is 3.93. The number of rotatable bonds is 4. The minimum Gasteiger partial charge on any atom is -0.478 e. The van der Waals surface area contributed by atoms with E-state index in [1.54, 1.807) is 18.2 Å². The zero-order valence-corrected chi connectivity index (χ0v) is 12.7. The fourth-order valence-corrected chi connectivity index (χ4v) is 2.79. The van der Waals surface area contributed by atoms with Crippen molar-refractivity contribution in [2.75, 3.05) is 13.1 Å². The number of carboxylic acid groups (broad SMARTS) is 1. The SMILES string of the molecule is CC(=O)N[C@H]1CCN(Cc2cccc(C(=O)O)c2)CC[C@@H]1O. The second-order valence-corrected chi connectivity index (χ2v) is 5.73. The molecule has 6 heteroatoms. The lowest BCUT2D eigenvalue weighted by molar-refractivity contribution is -0.120. The highest BCUT2D eigenvalue weighted by atomic mass is 16.4. The predicted octanol–water partition coefficient (Wildman–Crippen LogP) is 0.846. The average molecular weight is 306 g/mol. The van der Waals surface area contributed by atoms with E-state index in [1.807, 2.05) is 6.07 Å². The molecule has 6 nitrogen and oxygen atoms in total. The van der Waals surface area contributed by atoms with Crippen molar-refractivity contribution < 1.29 is 19.8 Å². The first-order valence-corrected chi connectivity index (χ1v) is 7.45. The zero-order chi connectivity index (χ0) is 16.1. The van der Waals surface area contributed by atoms with Crippen molar-refractivity contribution in [3.8, 4) is 0 Å². The summed E-state index contributed by atoms with van der Waals surface area (Å²) in [5.41, 5.74) is 1.22. The molecule has 1 fully saturated rings. The first kappa shape index (κ1) is 16.5. The Kier molecular flexibility index (Phi) is 5.51. The molecule has 1 aromatic carbocycles. The van der Waals surface area contributed by atoms with Crippen LogP contribution in [0, 0.1) is 0 Å². The summed E-state index contributed by atoms with van der Waals surface area (Å²) in [4.78, 5) is 24.3. The van der Waals surface area contributed by atoms with Crippen molar-refractivity contribution in [1.82, 2.24) is 10.2 Å². The highest BCUT2D eigenvalue weighted by molar-refractivity contribution is 5.87. The number of carbonyl (C=O) groups is 2. The summed E-state index contributed by atoms with van der Waals surface area (Å²) in [5.74, 6) is -1.06. The highest BCUT2D eigenvalue weighted by Gasteiger charge is 2.25. The molecule has 2 atom stereocenters. The van der Waals surface area contributed by atoms with E-state index in [2.05, 4.69) is 10.2 Å². The Bertz CT molecular complexity index is 547. The lowest BCUT2D eigenvalue weighted by Crippen LogP contribution is -2.42. The van der Waals surface area contributed by atoms with E-state index in [-0.39, 0.29) is 17.5 Å². The number of aliphatic hydroxyl groups excluding tert-OH is 1. The van der Waals surface area contributed by atoms with Crippen LogP contribution in [0.3, 0.4) is 0 Å². The number of hydrogen-bond acceptors (Lipinski definition) is 4. The van der Waals surface area contributed by atoms with Crippen LogP contribution in [0.15, 0.2) is 24.3 Å². The van der Waals surface area contributed by atoms with Gasteiger partial charge in [-0.25, -0.2) is 4.79 Å². The molecule has 0 bridgehead atoms. The summed E-state index contributed by atoms with van der Waals surface area (Å²) in [7, 11) is 0. The van der Waals surface area contributed by atoms with Gasteiger partial charge in [0.25, 0.3) is 0 Å². The quantitative estimate of drug-likeness (QED) is 0.767. The second-order valence-electron chi connectivity index (χ2n) is 5.73. The van der Waals surface area contributed by atoms with Crippen LogP contribution < -0.4 is 5.32 Å². The largest absolute Gasteiger partial charge is 0.478 e. The topological polar surface area (TPSA) is 89.9 Å². The van der Waals surface area contributed by atoms with Gasteiger partial charge in [-0.15, -0.1) is 0 Å². The number of aromatic carboxylic acids is 1. The number of nitrogens with zero attached hydrogens (tertiary/aromatic N) is 1. The Morgan fingerprint density at radius 2 is 2.05 bits per heavy atom. The summed E-state index contributed by atoms with van der Waals surface area (Å²) < 4.78 is 0. The van der Waals surface area contributed by atoms with Crippen molar-refractivity contribution in [3.05, 3.63) is 35.4 Å². The van der Waals surface area contributed by atoms with Crippen molar-refractivity contribution >= 4 is 11.9 Å². The van der Waals surface area contributed by atoms with Gasteiger partial charge in [-0.2, -0.15) is 0 Å².